The molecule has 1 saturated carbocycles. The highest BCUT2D eigenvalue weighted by Crippen LogP contribution is 2.33. The SMILES string of the molecule is O=C(CC1CC1O)OCc1ccccc1. The molecule has 0 saturated heterocycles. The lowest BCUT2D eigenvalue weighted by Gasteiger charge is -2.03. The van der Waals surface area contributed by atoms with Crippen molar-refractivity contribution >= 4 is 5.97 Å². The summed E-state index contributed by atoms with van der Waals surface area (Å²) in [6.07, 6.45) is 0.795. The maximum absolute atomic E-state index is 11.3. The first-order valence-electron chi connectivity index (χ1n) is 5.13. The van der Waals surface area contributed by atoms with E-state index in [9.17, 15) is 4.79 Å². The van der Waals surface area contributed by atoms with E-state index in [0.29, 0.717) is 13.0 Å². The summed E-state index contributed by atoms with van der Waals surface area (Å²) in [6, 6.07) is 9.58. The Morgan fingerprint density at radius 2 is 2.07 bits per heavy atom. The van der Waals surface area contributed by atoms with Crippen molar-refractivity contribution in [3.05, 3.63) is 35.9 Å². The topological polar surface area (TPSA) is 46.5 Å². The Morgan fingerprint density at radius 3 is 2.67 bits per heavy atom. The number of ether oxygens (including phenoxy) is 1. The van der Waals surface area contributed by atoms with Crippen LogP contribution in [0.3, 0.4) is 0 Å². The zero-order valence-corrected chi connectivity index (χ0v) is 8.43. The van der Waals surface area contributed by atoms with E-state index in [1.807, 2.05) is 30.3 Å². The molecule has 0 bridgehead atoms. The third-order valence-corrected chi connectivity index (χ3v) is 2.56. The zero-order chi connectivity index (χ0) is 10.7. The minimum absolute atomic E-state index is 0.133. The molecule has 0 aliphatic heterocycles. The summed E-state index contributed by atoms with van der Waals surface area (Å²) in [7, 11) is 0. The molecule has 2 unspecified atom stereocenters. The van der Waals surface area contributed by atoms with Crippen molar-refractivity contribution in [1.82, 2.24) is 0 Å². The van der Waals surface area contributed by atoms with Crippen LogP contribution in [-0.4, -0.2) is 17.2 Å². The molecule has 2 atom stereocenters. The van der Waals surface area contributed by atoms with Crippen molar-refractivity contribution in [2.45, 2.75) is 25.6 Å². The molecule has 3 heteroatoms. The number of hydrogen-bond acceptors (Lipinski definition) is 3. The molecule has 1 aromatic carbocycles. The average molecular weight is 206 g/mol. The van der Waals surface area contributed by atoms with Crippen LogP contribution in [0.5, 0.6) is 0 Å². The molecule has 1 N–H and O–H groups in total. The van der Waals surface area contributed by atoms with Crippen molar-refractivity contribution in [3.8, 4) is 0 Å². The van der Waals surface area contributed by atoms with E-state index < -0.39 is 0 Å². The molecular weight excluding hydrogens is 192 g/mol. The van der Waals surface area contributed by atoms with Gasteiger partial charge in [0.25, 0.3) is 0 Å². The number of benzene rings is 1. The second-order valence-corrected chi connectivity index (χ2v) is 3.91. The third kappa shape index (κ3) is 3.06. The Kier molecular flexibility index (Phi) is 3.02. The maximum Gasteiger partial charge on any atom is 0.306 e. The fraction of sp³-hybridized carbons (Fsp3) is 0.417. The predicted octanol–water partition coefficient (Wildman–Crippen LogP) is 1.50. The number of carbonyl (C=O) groups excluding carboxylic acids is 1. The first-order chi connectivity index (χ1) is 7.25. The summed E-state index contributed by atoms with van der Waals surface area (Å²) in [5, 5.41) is 9.05. The quantitative estimate of drug-likeness (QED) is 0.759. The van der Waals surface area contributed by atoms with E-state index in [2.05, 4.69) is 0 Å². The summed E-state index contributed by atoms with van der Waals surface area (Å²) < 4.78 is 5.08. The number of rotatable bonds is 4. The zero-order valence-electron chi connectivity index (χ0n) is 8.43. The smallest absolute Gasteiger partial charge is 0.306 e. The molecule has 0 aromatic heterocycles. The maximum atomic E-state index is 11.3. The Labute approximate surface area is 88.7 Å². The van der Waals surface area contributed by atoms with Crippen LogP contribution in [0.2, 0.25) is 0 Å². The van der Waals surface area contributed by atoms with Crippen molar-refractivity contribution < 1.29 is 14.6 Å². The number of aliphatic hydroxyl groups is 1. The van der Waals surface area contributed by atoms with Gasteiger partial charge in [0.05, 0.1) is 12.5 Å². The average Bonchev–Trinajstić information content (AvgIpc) is 2.93. The van der Waals surface area contributed by atoms with E-state index in [4.69, 9.17) is 9.84 Å². The molecule has 1 aliphatic carbocycles. The van der Waals surface area contributed by atoms with E-state index in [1.54, 1.807) is 0 Å². The molecule has 1 fully saturated rings. The Balaban J connectivity index is 1.71. The molecule has 15 heavy (non-hydrogen) atoms. The molecule has 2 rings (SSSR count). The normalized spacial score (nSPS) is 23.5. The first kappa shape index (κ1) is 10.2. The summed E-state index contributed by atoms with van der Waals surface area (Å²) in [5.41, 5.74) is 0.988. The molecule has 0 amide bonds. The molecule has 1 aromatic rings. The monoisotopic (exact) mass is 206 g/mol. The molecule has 3 nitrogen and oxygen atoms in total. The Bertz CT molecular complexity index is 334. The standard InChI is InChI=1S/C12H14O3/c13-11-6-10(11)7-12(14)15-8-9-4-2-1-3-5-9/h1-5,10-11,13H,6-8H2. The van der Waals surface area contributed by atoms with Crippen LogP contribution in [-0.2, 0) is 16.1 Å². The molecule has 1 aliphatic rings. The number of esters is 1. The summed E-state index contributed by atoms with van der Waals surface area (Å²) in [6.45, 7) is 0.322. The van der Waals surface area contributed by atoms with Gasteiger partial charge in [0.1, 0.15) is 6.61 Å². The van der Waals surface area contributed by atoms with Crippen LogP contribution in [0.15, 0.2) is 30.3 Å². The van der Waals surface area contributed by atoms with Crippen LogP contribution < -0.4 is 0 Å². The van der Waals surface area contributed by atoms with Crippen LogP contribution >= 0.6 is 0 Å². The van der Waals surface area contributed by atoms with Gasteiger partial charge in [-0.1, -0.05) is 30.3 Å². The van der Waals surface area contributed by atoms with Crippen molar-refractivity contribution in [3.63, 3.8) is 0 Å². The Hall–Kier alpha value is -1.35. The number of hydrogen-bond donors (Lipinski definition) is 1. The first-order valence-corrected chi connectivity index (χ1v) is 5.13. The van der Waals surface area contributed by atoms with Crippen LogP contribution in [0, 0.1) is 5.92 Å². The number of carbonyl (C=O) groups is 1. The van der Waals surface area contributed by atoms with Crippen LogP contribution in [0.25, 0.3) is 0 Å². The third-order valence-electron chi connectivity index (χ3n) is 2.56. The van der Waals surface area contributed by atoms with Crippen molar-refractivity contribution in [2.24, 2.45) is 5.92 Å². The van der Waals surface area contributed by atoms with Gasteiger partial charge in [-0.15, -0.1) is 0 Å². The van der Waals surface area contributed by atoms with Gasteiger partial charge in [-0.25, -0.2) is 0 Å². The molecule has 80 valence electrons. The van der Waals surface area contributed by atoms with Gasteiger partial charge in [0, 0.05) is 0 Å². The lowest BCUT2D eigenvalue weighted by Crippen LogP contribution is -2.06. The van der Waals surface area contributed by atoms with E-state index in [1.165, 1.54) is 0 Å². The van der Waals surface area contributed by atoms with E-state index in [0.717, 1.165) is 12.0 Å². The lowest BCUT2D eigenvalue weighted by molar-refractivity contribution is -0.145. The minimum atomic E-state index is -0.283. The van der Waals surface area contributed by atoms with Gasteiger partial charge >= 0.3 is 5.97 Å². The Morgan fingerprint density at radius 1 is 1.40 bits per heavy atom. The second-order valence-electron chi connectivity index (χ2n) is 3.91. The van der Waals surface area contributed by atoms with Gasteiger partial charge in [-0.2, -0.15) is 0 Å². The van der Waals surface area contributed by atoms with Gasteiger partial charge in [0.15, 0.2) is 0 Å². The molecule has 0 heterocycles. The largest absolute Gasteiger partial charge is 0.461 e. The summed E-state index contributed by atoms with van der Waals surface area (Å²) in [4.78, 5) is 11.3. The van der Waals surface area contributed by atoms with Gasteiger partial charge in [-0.05, 0) is 17.9 Å². The second kappa shape index (κ2) is 4.45. The van der Waals surface area contributed by atoms with Gasteiger partial charge < -0.3 is 9.84 Å². The molecule has 0 spiro atoms. The highest BCUT2D eigenvalue weighted by atomic mass is 16.5. The number of aliphatic hydroxyl groups excluding tert-OH is 1. The lowest BCUT2D eigenvalue weighted by atomic mass is 10.2. The van der Waals surface area contributed by atoms with Gasteiger partial charge in [0.2, 0.25) is 0 Å². The van der Waals surface area contributed by atoms with Crippen molar-refractivity contribution in [2.75, 3.05) is 0 Å². The predicted molar refractivity (Wildman–Crippen MR) is 55.0 cm³/mol. The van der Waals surface area contributed by atoms with Gasteiger partial charge in [-0.3, -0.25) is 4.79 Å². The fourth-order valence-electron chi connectivity index (χ4n) is 1.46. The highest BCUT2D eigenvalue weighted by molar-refractivity contribution is 5.70. The van der Waals surface area contributed by atoms with Crippen LogP contribution in [0.4, 0.5) is 0 Å². The van der Waals surface area contributed by atoms with Crippen molar-refractivity contribution in [1.29, 1.82) is 0 Å². The van der Waals surface area contributed by atoms with E-state index >= 15 is 0 Å². The summed E-state index contributed by atoms with van der Waals surface area (Å²) >= 11 is 0. The molecular formula is C12H14O3. The van der Waals surface area contributed by atoms with E-state index in [-0.39, 0.29) is 18.0 Å². The highest BCUT2D eigenvalue weighted by Gasteiger charge is 2.37. The minimum Gasteiger partial charge on any atom is -0.461 e. The van der Waals surface area contributed by atoms with Crippen LogP contribution in [0.1, 0.15) is 18.4 Å². The fourth-order valence-corrected chi connectivity index (χ4v) is 1.46. The summed E-state index contributed by atoms with van der Waals surface area (Å²) in [5.74, 6) is -0.0892. The molecule has 0 radical (unpaired) electrons.